The largest absolute Gasteiger partial charge is 0.378 e. The van der Waals surface area contributed by atoms with Gasteiger partial charge in [-0.3, -0.25) is 0 Å². The van der Waals surface area contributed by atoms with Crippen LogP contribution >= 0.6 is 0 Å². The van der Waals surface area contributed by atoms with E-state index < -0.39 is 10.0 Å². The molecule has 0 aliphatic heterocycles. The van der Waals surface area contributed by atoms with Crippen LogP contribution in [0.15, 0.2) is 33.7 Å². The summed E-state index contributed by atoms with van der Waals surface area (Å²) in [6.45, 7) is 6.70. The first-order valence-electron chi connectivity index (χ1n) is 7.10. The van der Waals surface area contributed by atoms with Crippen LogP contribution in [0.5, 0.6) is 0 Å². The normalized spacial score (nSPS) is 11.8. The molecular weight excluding hydrogens is 304 g/mol. The summed E-state index contributed by atoms with van der Waals surface area (Å²) in [5.74, 6) is 1.06. The monoisotopic (exact) mass is 324 g/mol. The van der Waals surface area contributed by atoms with Crippen LogP contribution in [-0.4, -0.2) is 36.0 Å². The van der Waals surface area contributed by atoms with Crippen molar-refractivity contribution in [1.29, 1.82) is 0 Å². The van der Waals surface area contributed by atoms with Gasteiger partial charge in [-0.05, 0) is 24.3 Å². The van der Waals surface area contributed by atoms with E-state index >= 15 is 0 Å². The summed E-state index contributed by atoms with van der Waals surface area (Å²) in [7, 11) is -3.42. The molecule has 0 saturated carbocycles. The lowest BCUT2D eigenvalue weighted by molar-refractivity contribution is 0.388. The average molecular weight is 324 g/mol. The Labute approximate surface area is 130 Å². The fourth-order valence-corrected chi connectivity index (χ4v) is 3.51. The van der Waals surface area contributed by atoms with Crippen LogP contribution in [0.4, 0.5) is 5.69 Å². The third-order valence-corrected chi connectivity index (χ3v) is 5.28. The van der Waals surface area contributed by atoms with Gasteiger partial charge in [0.15, 0.2) is 5.82 Å². The molecule has 2 rings (SSSR count). The number of nitrogens with zero attached hydrogens (tertiary/aromatic N) is 3. The number of hydrogen-bond donors (Lipinski definition) is 1. The van der Waals surface area contributed by atoms with Gasteiger partial charge in [0.05, 0.1) is 11.4 Å². The van der Waals surface area contributed by atoms with Gasteiger partial charge in [0.2, 0.25) is 15.9 Å². The van der Waals surface area contributed by atoms with E-state index in [4.69, 9.17) is 4.52 Å². The van der Waals surface area contributed by atoms with Gasteiger partial charge in [0, 0.05) is 25.7 Å². The fraction of sp³-hybridized carbons (Fsp3) is 0.429. The van der Waals surface area contributed by atoms with Gasteiger partial charge in [-0.2, -0.15) is 9.29 Å². The molecule has 0 saturated heterocycles. The van der Waals surface area contributed by atoms with Crippen molar-refractivity contribution in [3.05, 3.63) is 36.0 Å². The van der Waals surface area contributed by atoms with Crippen molar-refractivity contribution >= 4 is 15.7 Å². The van der Waals surface area contributed by atoms with Crippen molar-refractivity contribution in [2.24, 2.45) is 0 Å². The Morgan fingerprint density at radius 1 is 1.18 bits per heavy atom. The highest BCUT2D eigenvalue weighted by molar-refractivity contribution is 7.89. The minimum atomic E-state index is -3.42. The summed E-state index contributed by atoms with van der Waals surface area (Å²) in [5.41, 5.74) is 0.793. The second-order valence-corrected chi connectivity index (χ2v) is 6.63. The number of aryl methyl sites for hydroxylation is 1. The fourth-order valence-electron chi connectivity index (χ4n) is 2.05. The summed E-state index contributed by atoms with van der Waals surface area (Å²) in [6.07, 6.45) is 0. The number of hydrogen-bond acceptors (Lipinski definition) is 6. The molecule has 0 aliphatic carbocycles. The van der Waals surface area contributed by atoms with Crippen LogP contribution in [0, 0.1) is 6.92 Å². The van der Waals surface area contributed by atoms with Crippen LogP contribution in [0.2, 0.25) is 0 Å². The molecule has 1 aromatic carbocycles. The Kier molecular flexibility index (Phi) is 5.15. The van der Waals surface area contributed by atoms with E-state index in [1.54, 1.807) is 31.2 Å². The van der Waals surface area contributed by atoms with Crippen molar-refractivity contribution in [2.75, 3.05) is 18.4 Å². The zero-order valence-electron chi connectivity index (χ0n) is 12.9. The zero-order chi connectivity index (χ0) is 16.2. The van der Waals surface area contributed by atoms with E-state index in [-0.39, 0.29) is 4.90 Å². The molecule has 0 atom stereocenters. The third-order valence-electron chi connectivity index (χ3n) is 3.22. The zero-order valence-corrected chi connectivity index (χ0v) is 13.7. The average Bonchev–Trinajstić information content (AvgIpc) is 2.92. The predicted octanol–water partition coefficient (Wildman–Crippen LogP) is 2.02. The number of sulfonamides is 1. The number of anilines is 1. The first-order valence-corrected chi connectivity index (χ1v) is 8.54. The van der Waals surface area contributed by atoms with Crippen molar-refractivity contribution in [3.8, 4) is 0 Å². The van der Waals surface area contributed by atoms with Crippen molar-refractivity contribution in [3.63, 3.8) is 0 Å². The summed E-state index contributed by atoms with van der Waals surface area (Å²) in [4.78, 5) is 4.37. The standard InChI is InChI=1S/C14H20N4O3S/c1-4-18(5-2)22(19,20)13-8-6-12(7-9-13)15-10-14-16-11(3)21-17-14/h6-9,15H,4-5,10H2,1-3H3. The van der Waals surface area contributed by atoms with Gasteiger partial charge >= 0.3 is 0 Å². The van der Waals surface area contributed by atoms with Crippen LogP contribution in [0.3, 0.4) is 0 Å². The molecule has 0 spiro atoms. The topological polar surface area (TPSA) is 88.3 Å². The van der Waals surface area contributed by atoms with Gasteiger partial charge in [-0.25, -0.2) is 8.42 Å². The van der Waals surface area contributed by atoms with E-state index in [0.29, 0.717) is 31.3 Å². The number of benzene rings is 1. The Morgan fingerprint density at radius 3 is 2.32 bits per heavy atom. The minimum Gasteiger partial charge on any atom is -0.378 e. The molecule has 8 heteroatoms. The summed E-state index contributed by atoms with van der Waals surface area (Å²) >= 11 is 0. The molecule has 22 heavy (non-hydrogen) atoms. The minimum absolute atomic E-state index is 0.289. The molecule has 2 aromatic rings. The third kappa shape index (κ3) is 3.63. The van der Waals surface area contributed by atoms with Crippen molar-refractivity contribution < 1.29 is 12.9 Å². The van der Waals surface area contributed by atoms with Crippen LogP contribution in [0.25, 0.3) is 0 Å². The maximum absolute atomic E-state index is 12.4. The van der Waals surface area contributed by atoms with E-state index in [2.05, 4.69) is 15.5 Å². The van der Waals surface area contributed by atoms with Crippen LogP contribution in [-0.2, 0) is 16.6 Å². The number of rotatable bonds is 7. The molecule has 1 N–H and O–H groups in total. The second-order valence-electron chi connectivity index (χ2n) is 4.70. The highest BCUT2D eigenvalue weighted by Crippen LogP contribution is 2.18. The highest BCUT2D eigenvalue weighted by atomic mass is 32.2. The SMILES string of the molecule is CCN(CC)S(=O)(=O)c1ccc(NCc2noc(C)n2)cc1. The van der Waals surface area contributed by atoms with Gasteiger partial charge in [0.25, 0.3) is 0 Å². The molecule has 0 amide bonds. The number of nitrogens with one attached hydrogen (secondary N) is 1. The smallest absolute Gasteiger partial charge is 0.243 e. The maximum Gasteiger partial charge on any atom is 0.243 e. The van der Waals surface area contributed by atoms with E-state index in [1.165, 1.54) is 4.31 Å². The van der Waals surface area contributed by atoms with Gasteiger partial charge in [0.1, 0.15) is 0 Å². The molecule has 0 bridgehead atoms. The lowest BCUT2D eigenvalue weighted by atomic mass is 10.3. The Balaban J connectivity index is 2.07. The van der Waals surface area contributed by atoms with Gasteiger partial charge < -0.3 is 9.84 Å². The Bertz CT molecular complexity index is 706. The molecular formula is C14H20N4O3S. The summed E-state index contributed by atoms with van der Waals surface area (Å²) in [5, 5.41) is 6.90. The molecule has 0 aliphatic rings. The van der Waals surface area contributed by atoms with Crippen LogP contribution in [0.1, 0.15) is 25.6 Å². The molecule has 7 nitrogen and oxygen atoms in total. The molecule has 1 aromatic heterocycles. The van der Waals surface area contributed by atoms with Crippen molar-refractivity contribution in [2.45, 2.75) is 32.2 Å². The number of aromatic nitrogens is 2. The van der Waals surface area contributed by atoms with Gasteiger partial charge in [-0.1, -0.05) is 19.0 Å². The molecule has 1 heterocycles. The van der Waals surface area contributed by atoms with E-state index in [1.807, 2.05) is 13.8 Å². The molecule has 120 valence electrons. The quantitative estimate of drug-likeness (QED) is 0.838. The molecule has 0 unspecified atom stereocenters. The summed E-state index contributed by atoms with van der Waals surface area (Å²) in [6, 6.07) is 6.64. The van der Waals surface area contributed by atoms with E-state index in [9.17, 15) is 8.42 Å². The maximum atomic E-state index is 12.4. The second kappa shape index (κ2) is 6.89. The molecule has 0 radical (unpaired) electrons. The Morgan fingerprint density at radius 2 is 1.82 bits per heavy atom. The van der Waals surface area contributed by atoms with Gasteiger partial charge in [-0.15, -0.1) is 0 Å². The summed E-state index contributed by atoms with van der Waals surface area (Å²) < 4.78 is 31.0. The molecule has 0 fully saturated rings. The van der Waals surface area contributed by atoms with E-state index in [0.717, 1.165) is 5.69 Å². The lowest BCUT2D eigenvalue weighted by Gasteiger charge is -2.18. The highest BCUT2D eigenvalue weighted by Gasteiger charge is 2.21. The predicted molar refractivity (Wildman–Crippen MR) is 82.9 cm³/mol. The van der Waals surface area contributed by atoms with Crippen LogP contribution < -0.4 is 5.32 Å². The first kappa shape index (κ1) is 16.4. The van der Waals surface area contributed by atoms with Crippen molar-refractivity contribution in [1.82, 2.24) is 14.4 Å². The lowest BCUT2D eigenvalue weighted by Crippen LogP contribution is -2.30. The Hall–Kier alpha value is -1.93. The first-order chi connectivity index (χ1) is 10.5.